The van der Waals surface area contributed by atoms with E-state index in [0.29, 0.717) is 11.8 Å². The van der Waals surface area contributed by atoms with E-state index >= 15 is 0 Å². The highest BCUT2D eigenvalue weighted by molar-refractivity contribution is 7.85. The van der Waals surface area contributed by atoms with Gasteiger partial charge in [0.1, 0.15) is 16.8 Å². The lowest BCUT2D eigenvalue weighted by Crippen LogP contribution is -2.20. The lowest BCUT2D eigenvalue weighted by Gasteiger charge is -2.28. The van der Waals surface area contributed by atoms with Gasteiger partial charge in [-0.2, -0.15) is 4.40 Å². The number of benzene rings is 1. The minimum Gasteiger partial charge on any atom is -0.256 e. The van der Waals surface area contributed by atoms with Crippen LogP contribution in [0.15, 0.2) is 34.9 Å². The molecule has 0 unspecified atom stereocenters. The van der Waals surface area contributed by atoms with Crippen LogP contribution in [-0.4, -0.2) is 20.2 Å². The number of hydrogen-bond donors (Lipinski definition) is 0. The minimum absolute atomic E-state index is 0.205. The zero-order valence-electron chi connectivity index (χ0n) is 15.7. The van der Waals surface area contributed by atoms with E-state index in [0.717, 1.165) is 43.0 Å². The van der Waals surface area contributed by atoms with Crippen LogP contribution in [-0.2, 0) is 11.0 Å². The first kappa shape index (κ1) is 19.2. The zero-order chi connectivity index (χ0) is 18.7. The number of pyridine rings is 1. The van der Waals surface area contributed by atoms with Gasteiger partial charge in [0, 0.05) is 17.8 Å². The zero-order valence-corrected chi connectivity index (χ0v) is 16.6. The van der Waals surface area contributed by atoms with Gasteiger partial charge in [0.15, 0.2) is 0 Å². The first-order valence-corrected chi connectivity index (χ1v) is 10.4. The second-order valence-electron chi connectivity index (χ2n) is 8.16. The van der Waals surface area contributed by atoms with E-state index in [4.69, 9.17) is 0 Å². The van der Waals surface area contributed by atoms with Crippen molar-refractivity contribution in [3.05, 3.63) is 41.8 Å². The summed E-state index contributed by atoms with van der Waals surface area (Å²) >= 11 is 0. The molecule has 1 aromatic heterocycles. The first-order valence-electron chi connectivity index (χ1n) is 9.33. The molecule has 5 heteroatoms. The molecule has 1 saturated carbocycles. The molecule has 0 aliphatic heterocycles. The molecule has 26 heavy (non-hydrogen) atoms. The minimum atomic E-state index is -1.17. The lowest BCUT2D eigenvalue weighted by atomic mass is 9.77. The van der Waals surface area contributed by atoms with Gasteiger partial charge in [-0.3, -0.25) is 4.98 Å². The second kappa shape index (κ2) is 7.95. The van der Waals surface area contributed by atoms with Gasteiger partial charge in [-0.15, -0.1) is 0 Å². The van der Waals surface area contributed by atoms with Crippen molar-refractivity contribution >= 4 is 28.1 Å². The standard InChI is InChI=1S/C21H27FN2OS/c1-21(2,3)26(25)24-13-10-15-4-6-16(7-5-15)18-11-12-23-20-9-8-17(22)14-19(18)20/h8-9,11-16H,4-7,10H2,1-3H3/b24-13+/t15?,16?,26-/m0/s1. The summed E-state index contributed by atoms with van der Waals surface area (Å²) in [7, 11) is -1.17. The summed E-state index contributed by atoms with van der Waals surface area (Å²) in [5, 5.41) is 0.943. The summed E-state index contributed by atoms with van der Waals surface area (Å²) in [6.07, 6.45) is 9.00. The van der Waals surface area contributed by atoms with Gasteiger partial charge in [0.05, 0.1) is 10.3 Å². The van der Waals surface area contributed by atoms with Crippen LogP contribution in [0.3, 0.4) is 0 Å². The van der Waals surface area contributed by atoms with Gasteiger partial charge in [0.25, 0.3) is 0 Å². The average molecular weight is 375 g/mol. The van der Waals surface area contributed by atoms with Gasteiger partial charge in [-0.25, -0.2) is 8.60 Å². The van der Waals surface area contributed by atoms with E-state index in [1.165, 1.54) is 11.6 Å². The molecule has 0 saturated heterocycles. The molecule has 1 fully saturated rings. The first-order chi connectivity index (χ1) is 12.3. The highest BCUT2D eigenvalue weighted by atomic mass is 32.2. The van der Waals surface area contributed by atoms with Crippen molar-refractivity contribution in [2.24, 2.45) is 10.3 Å². The Kier molecular flexibility index (Phi) is 5.86. The average Bonchev–Trinajstić information content (AvgIpc) is 2.61. The Morgan fingerprint density at radius 1 is 1.23 bits per heavy atom. The third-order valence-electron chi connectivity index (χ3n) is 5.16. The third-order valence-corrected chi connectivity index (χ3v) is 6.55. The van der Waals surface area contributed by atoms with Crippen molar-refractivity contribution in [2.75, 3.05) is 0 Å². The number of aromatic nitrogens is 1. The Labute approximate surface area is 157 Å². The molecule has 0 radical (unpaired) electrons. The molecule has 1 aliphatic rings. The number of rotatable bonds is 4. The molecule has 3 rings (SSSR count). The third kappa shape index (κ3) is 4.56. The summed E-state index contributed by atoms with van der Waals surface area (Å²) in [6.45, 7) is 5.81. The summed E-state index contributed by atoms with van der Waals surface area (Å²) in [6, 6.07) is 6.88. The molecule has 1 heterocycles. The Morgan fingerprint density at radius 2 is 1.96 bits per heavy atom. The van der Waals surface area contributed by atoms with Crippen LogP contribution >= 0.6 is 0 Å². The van der Waals surface area contributed by atoms with Crippen molar-refractivity contribution in [3.63, 3.8) is 0 Å². The lowest BCUT2D eigenvalue weighted by molar-refractivity contribution is 0.336. The van der Waals surface area contributed by atoms with Gasteiger partial charge in [0.2, 0.25) is 0 Å². The Balaban J connectivity index is 1.62. The molecule has 0 bridgehead atoms. The molecule has 140 valence electrons. The van der Waals surface area contributed by atoms with Crippen LogP contribution in [0, 0.1) is 11.7 Å². The van der Waals surface area contributed by atoms with E-state index in [-0.39, 0.29) is 10.6 Å². The molecule has 0 N–H and O–H groups in total. The van der Waals surface area contributed by atoms with Gasteiger partial charge < -0.3 is 0 Å². The monoisotopic (exact) mass is 374 g/mol. The highest BCUT2D eigenvalue weighted by Gasteiger charge is 2.24. The van der Waals surface area contributed by atoms with Gasteiger partial charge in [-0.1, -0.05) is 0 Å². The van der Waals surface area contributed by atoms with Crippen LogP contribution in [0.4, 0.5) is 4.39 Å². The van der Waals surface area contributed by atoms with Crippen molar-refractivity contribution in [1.29, 1.82) is 0 Å². The highest BCUT2D eigenvalue weighted by Crippen LogP contribution is 2.39. The molecular formula is C21H27FN2OS. The Bertz CT molecular complexity index is 820. The summed E-state index contributed by atoms with van der Waals surface area (Å²) in [5.74, 6) is 0.847. The molecule has 2 aromatic rings. The fraction of sp³-hybridized carbons (Fsp3) is 0.524. The quantitative estimate of drug-likeness (QED) is 0.657. The molecule has 0 spiro atoms. The van der Waals surface area contributed by atoms with E-state index in [1.54, 1.807) is 12.1 Å². The maximum absolute atomic E-state index is 13.7. The van der Waals surface area contributed by atoms with E-state index in [2.05, 4.69) is 9.38 Å². The van der Waals surface area contributed by atoms with Gasteiger partial charge >= 0.3 is 0 Å². The molecule has 3 nitrogen and oxygen atoms in total. The summed E-state index contributed by atoms with van der Waals surface area (Å²) in [4.78, 5) is 4.36. The number of nitrogens with zero attached hydrogens (tertiary/aromatic N) is 2. The van der Waals surface area contributed by atoms with Crippen LogP contribution in [0.5, 0.6) is 0 Å². The van der Waals surface area contributed by atoms with Crippen molar-refractivity contribution < 1.29 is 8.60 Å². The predicted octanol–water partition coefficient (Wildman–Crippen LogP) is 5.57. The fourth-order valence-corrected chi connectivity index (χ4v) is 4.16. The number of hydrogen-bond acceptors (Lipinski definition) is 2. The van der Waals surface area contributed by atoms with Crippen molar-refractivity contribution in [2.45, 2.75) is 63.5 Å². The molecule has 0 amide bonds. The molecule has 1 aromatic carbocycles. The fourth-order valence-electron chi connectivity index (χ4n) is 3.62. The SMILES string of the molecule is CC(C)(C)[S@](=O)/N=C/CC1CCC(c2ccnc3ccc(F)cc23)CC1. The smallest absolute Gasteiger partial charge is 0.144 e. The van der Waals surface area contributed by atoms with Crippen LogP contribution in [0.1, 0.15) is 64.4 Å². The number of halogens is 1. The van der Waals surface area contributed by atoms with Crippen molar-refractivity contribution in [1.82, 2.24) is 4.98 Å². The van der Waals surface area contributed by atoms with Crippen LogP contribution in [0.25, 0.3) is 10.9 Å². The molecule has 1 atom stereocenters. The Hall–Kier alpha value is -1.62. The van der Waals surface area contributed by atoms with E-state index in [9.17, 15) is 8.60 Å². The maximum Gasteiger partial charge on any atom is 0.144 e. The normalized spacial score (nSPS) is 22.8. The number of fused-ring (bicyclic) bond motifs is 1. The second-order valence-corrected chi connectivity index (χ2v) is 10.1. The van der Waals surface area contributed by atoms with Crippen LogP contribution < -0.4 is 0 Å². The summed E-state index contributed by atoms with van der Waals surface area (Å²) < 4.78 is 29.6. The van der Waals surface area contributed by atoms with Crippen molar-refractivity contribution in [3.8, 4) is 0 Å². The molecule has 1 aliphatic carbocycles. The Morgan fingerprint density at radius 3 is 2.65 bits per heavy atom. The molecular weight excluding hydrogens is 347 g/mol. The van der Waals surface area contributed by atoms with Crippen LogP contribution in [0.2, 0.25) is 0 Å². The van der Waals surface area contributed by atoms with Gasteiger partial charge in [-0.05, 0) is 94.5 Å². The van der Waals surface area contributed by atoms with E-state index < -0.39 is 11.0 Å². The summed E-state index contributed by atoms with van der Waals surface area (Å²) in [5.41, 5.74) is 2.08. The van der Waals surface area contributed by atoms with E-state index in [1.807, 2.05) is 39.2 Å². The topological polar surface area (TPSA) is 42.3 Å². The predicted molar refractivity (Wildman–Crippen MR) is 107 cm³/mol. The largest absolute Gasteiger partial charge is 0.256 e. The maximum atomic E-state index is 13.7.